The number of carbonyl (C=O) groups excluding carboxylic acids is 1. The maximum absolute atomic E-state index is 11.3. The van der Waals surface area contributed by atoms with E-state index in [0.29, 0.717) is 19.0 Å². The number of aliphatic hydroxyl groups is 1. The summed E-state index contributed by atoms with van der Waals surface area (Å²) in [6, 6.07) is 0. The van der Waals surface area contributed by atoms with E-state index >= 15 is 0 Å². The second-order valence-electron chi connectivity index (χ2n) is 5.02. The number of carbonyl (C=O) groups is 1. The van der Waals surface area contributed by atoms with Crippen molar-refractivity contribution in [3.63, 3.8) is 0 Å². The third kappa shape index (κ3) is 3.71. The van der Waals surface area contributed by atoms with Crippen LogP contribution in [0, 0.1) is 0 Å². The van der Waals surface area contributed by atoms with Crippen LogP contribution in [-0.2, 0) is 11.3 Å². The molecule has 1 saturated heterocycles. The molecule has 1 aliphatic heterocycles. The van der Waals surface area contributed by atoms with E-state index in [9.17, 15) is 4.79 Å². The van der Waals surface area contributed by atoms with Gasteiger partial charge in [-0.3, -0.25) is 9.69 Å². The molecular weight excluding hydrogens is 264 g/mol. The van der Waals surface area contributed by atoms with Gasteiger partial charge in [0.15, 0.2) is 0 Å². The topological polar surface area (TPSA) is 69.6 Å². The Morgan fingerprint density at radius 1 is 1.37 bits per heavy atom. The van der Waals surface area contributed by atoms with Crippen LogP contribution >= 0.6 is 11.5 Å². The number of rotatable bonds is 4. The van der Waals surface area contributed by atoms with Gasteiger partial charge in [0.05, 0.1) is 6.54 Å². The lowest BCUT2D eigenvalue weighted by molar-refractivity contribution is -0.135. The molecule has 6 nitrogen and oxygen atoms in total. The molecule has 1 aromatic rings. The fraction of sp³-hybridized carbons (Fsp3) is 0.750. The summed E-state index contributed by atoms with van der Waals surface area (Å²) >= 11 is 1.46. The molecule has 0 spiro atoms. The average Bonchev–Trinajstić information content (AvgIpc) is 2.87. The van der Waals surface area contributed by atoms with Gasteiger partial charge in [0.2, 0.25) is 5.91 Å². The standard InChI is InChI=1S/C12H20N4O2S/c1-9(2)12-13-10(19-14-12)7-15-3-5-16(6-4-15)11(18)8-17/h9,17H,3-8H2,1-2H3. The van der Waals surface area contributed by atoms with Gasteiger partial charge < -0.3 is 10.0 Å². The summed E-state index contributed by atoms with van der Waals surface area (Å²) in [4.78, 5) is 19.8. The van der Waals surface area contributed by atoms with Crippen molar-refractivity contribution in [1.82, 2.24) is 19.2 Å². The lowest BCUT2D eigenvalue weighted by Crippen LogP contribution is -2.49. The van der Waals surface area contributed by atoms with Gasteiger partial charge in [0.25, 0.3) is 0 Å². The van der Waals surface area contributed by atoms with Gasteiger partial charge in [0, 0.05) is 32.1 Å². The Hall–Kier alpha value is -1.05. The fourth-order valence-corrected chi connectivity index (χ4v) is 2.84. The van der Waals surface area contributed by atoms with Crippen molar-refractivity contribution >= 4 is 17.4 Å². The van der Waals surface area contributed by atoms with Crippen LogP contribution in [0.3, 0.4) is 0 Å². The molecule has 2 heterocycles. The van der Waals surface area contributed by atoms with Crippen LogP contribution in [-0.4, -0.2) is 63.0 Å². The molecule has 0 aliphatic carbocycles. The highest BCUT2D eigenvalue weighted by atomic mass is 32.1. The van der Waals surface area contributed by atoms with E-state index in [1.165, 1.54) is 11.5 Å². The molecule has 1 amide bonds. The van der Waals surface area contributed by atoms with Gasteiger partial charge in [-0.25, -0.2) is 4.98 Å². The van der Waals surface area contributed by atoms with Crippen LogP contribution in [0.2, 0.25) is 0 Å². The maximum atomic E-state index is 11.3. The predicted octanol–water partition coefficient (Wildman–Crippen LogP) is 0.298. The predicted molar refractivity (Wildman–Crippen MR) is 72.9 cm³/mol. The summed E-state index contributed by atoms with van der Waals surface area (Å²) in [5, 5.41) is 9.85. The van der Waals surface area contributed by atoms with Crippen LogP contribution in [0.15, 0.2) is 0 Å². The third-order valence-electron chi connectivity index (χ3n) is 3.22. The first-order valence-corrected chi connectivity index (χ1v) is 7.31. The summed E-state index contributed by atoms with van der Waals surface area (Å²) in [6.07, 6.45) is 0. The first kappa shape index (κ1) is 14.4. The van der Waals surface area contributed by atoms with Crippen molar-refractivity contribution in [3.8, 4) is 0 Å². The Morgan fingerprint density at radius 3 is 2.58 bits per heavy atom. The molecule has 106 valence electrons. The Balaban J connectivity index is 1.83. The van der Waals surface area contributed by atoms with E-state index in [2.05, 4.69) is 28.1 Å². The van der Waals surface area contributed by atoms with E-state index in [1.54, 1.807) is 4.90 Å². The molecule has 1 N–H and O–H groups in total. The quantitative estimate of drug-likeness (QED) is 0.861. The van der Waals surface area contributed by atoms with E-state index < -0.39 is 6.61 Å². The van der Waals surface area contributed by atoms with Gasteiger partial charge >= 0.3 is 0 Å². The number of hydrogen-bond donors (Lipinski definition) is 1. The Kier molecular flexibility index (Phi) is 4.84. The fourth-order valence-electron chi connectivity index (χ4n) is 2.01. The molecule has 0 radical (unpaired) electrons. The summed E-state index contributed by atoms with van der Waals surface area (Å²) in [5.74, 6) is 1.09. The molecule has 1 aliphatic rings. The lowest BCUT2D eigenvalue weighted by Gasteiger charge is -2.33. The molecule has 7 heteroatoms. The number of aromatic nitrogens is 2. The van der Waals surface area contributed by atoms with E-state index in [1.807, 2.05) is 0 Å². The Bertz CT molecular complexity index is 427. The van der Waals surface area contributed by atoms with E-state index in [4.69, 9.17) is 5.11 Å². The van der Waals surface area contributed by atoms with Gasteiger partial charge in [-0.05, 0) is 11.5 Å². The monoisotopic (exact) mass is 284 g/mol. The van der Waals surface area contributed by atoms with Crippen molar-refractivity contribution in [1.29, 1.82) is 0 Å². The number of piperazine rings is 1. The smallest absolute Gasteiger partial charge is 0.248 e. The molecular formula is C12H20N4O2S. The highest BCUT2D eigenvalue weighted by Crippen LogP contribution is 2.15. The zero-order valence-electron chi connectivity index (χ0n) is 11.4. The zero-order chi connectivity index (χ0) is 13.8. The lowest BCUT2D eigenvalue weighted by atomic mass is 10.2. The normalized spacial score (nSPS) is 17.2. The molecule has 0 unspecified atom stereocenters. The van der Waals surface area contributed by atoms with Gasteiger partial charge in [0.1, 0.15) is 17.4 Å². The van der Waals surface area contributed by atoms with Gasteiger partial charge in [-0.1, -0.05) is 13.8 Å². The largest absolute Gasteiger partial charge is 0.387 e. The minimum absolute atomic E-state index is 0.183. The summed E-state index contributed by atoms with van der Waals surface area (Å²) in [6.45, 7) is 7.57. The van der Waals surface area contributed by atoms with Gasteiger partial charge in [-0.2, -0.15) is 4.37 Å². The van der Waals surface area contributed by atoms with Crippen molar-refractivity contribution < 1.29 is 9.90 Å². The average molecular weight is 284 g/mol. The molecule has 0 saturated carbocycles. The van der Waals surface area contributed by atoms with Crippen LogP contribution in [0.5, 0.6) is 0 Å². The second-order valence-corrected chi connectivity index (χ2v) is 5.85. The van der Waals surface area contributed by atoms with Crippen molar-refractivity contribution in [2.75, 3.05) is 32.8 Å². The highest BCUT2D eigenvalue weighted by molar-refractivity contribution is 7.05. The molecule has 0 atom stereocenters. The number of amides is 1. The number of nitrogens with zero attached hydrogens (tertiary/aromatic N) is 4. The molecule has 0 aromatic carbocycles. The minimum atomic E-state index is -0.395. The Morgan fingerprint density at radius 2 is 2.05 bits per heavy atom. The number of hydrogen-bond acceptors (Lipinski definition) is 6. The number of aliphatic hydroxyl groups excluding tert-OH is 1. The molecule has 1 aromatic heterocycles. The van der Waals surface area contributed by atoms with Gasteiger partial charge in [-0.15, -0.1) is 0 Å². The third-order valence-corrected chi connectivity index (χ3v) is 3.93. The SMILES string of the molecule is CC(C)c1nsc(CN2CCN(C(=O)CO)CC2)n1. The Labute approximate surface area is 117 Å². The molecule has 2 rings (SSSR count). The maximum Gasteiger partial charge on any atom is 0.248 e. The van der Waals surface area contributed by atoms with Crippen molar-refractivity contribution in [2.45, 2.75) is 26.3 Å². The highest BCUT2D eigenvalue weighted by Gasteiger charge is 2.21. The van der Waals surface area contributed by atoms with Crippen LogP contribution in [0.1, 0.15) is 30.6 Å². The summed E-state index contributed by atoms with van der Waals surface area (Å²) in [7, 11) is 0. The summed E-state index contributed by atoms with van der Waals surface area (Å²) in [5.41, 5.74) is 0. The van der Waals surface area contributed by atoms with Crippen molar-refractivity contribution in [3.05, 3.63) is 10.8 Å². The van der Waals surface area contributed by atoms with Crippen molar-refractivity contribution in [2.24, 2.45) is 0 Å². The van der Waals surface area contributed by atoms with Crippen LogP contribution < -0.4 is 0 Å². The first-order chi connectivity index (χ1) is 9.10. The van der Waals surface area contributed by atoms with Crippen LogP contribution in [0.4, 0.5) is 0 Å². The summed E-state index contributed by atoms with van der Waals surface area (Å²) < 4.78 is 4.34. The first-order valence-electron chi connectivity index (χ1n) is 6.53. The molecule has 19 heavy (non-hydrogen) atoms. The van der Waals surface area contributed by atoms with Crippen LogP contribution in [0.25, 0.3) is 0 Å². The van der Waals surface area contributed by atoms with E-state index in [-0.39, 0.29) is 5.91 Å². The second kappa shape index (κ2) is 6.40. The minimum Gasteiger partial charge on any atom is -0.387 e. The zero-order valence-corrected chi connectivity index (χ0v) is 12.2. The molecule has 1 fully saturated rings. The molecule has 0 bridgehead atoms. The van der Waals surface area contributed by atoms with E-state index in [0.717, 1.165) is 30.5 Å².